The molecule has 1 saturated heterocycles. The number of anilines is 1. The van der Waals surface area contributed by atoms with Crippen LogP contribution in [0.1, 0.15) is 0 Å². The van der Waals surface area contributed by atoms with Crippen molar-refractivity contribution in [3.05, 3.63) is 12.4 Å². The molecular formula is C11H18N4O2S. The molecule has 6 nitrogen and oxygen atoms in total. The van der Waals surface area contributed by atoms with Gasteiger partial charge in [-0.3, -0.25) is 9.48 Å². The number of ether oxygens (including phenoxy) is 1. The maximum Gasteiger partial charge on any atom is 0.242 e. The predicted octanol–water partition coefficient (Wildman–Crippen LogP) is 0.173. The molecule has 1 aromatic heterocycles. The fraction of sp³-hybridized carbons (Fsp3) is 0.636. The molecule has 1 fully saturated rings. The molecule has 7 heteroatoms. The first-order valence-corrected chi connectivity index (χ1v) is 7.08. The highest BCUT2D eigenvalue weighted by atomic mass is 32.2. The van der Waals surface area contributed by atoms with Crippen LogP contribution in [0.3, 0.4) is 0 Å². The minimum absolute atomic E-state index is 0.00786. The van der Waals surface area contributed by atoms with E-state index in [0.717, 1.165) is 23.7 Å². The third kappa shape index (κ3) is 3.72. The molecule has 1 atom stereocenters. The second kappa shape index (κ2) is 6.77. The molecule has 2 N–H and O–H groups in total. The van der Waals surface area contributed by atoms with Gasteiger partial charge in [0.15, 0.2) is 0 Å². The Bertz CT molecular complexity index is 390. The molecule has 18 heavy (non-hydrogen) atoms. The van der Waals surface area contributed by atoms with E-state index < -0.39 is 0 Å². The molecule has 1 aliphatic rings. The smallest absolute Gasteiger partial charge is 0.242 e. The van der Waals surface area contributed by atoms with Crippen molar-refractivity contribution < 1.29 is 9.53 Å². The van der Waals surface area contributed by atoms with E-state index in [4.69, 9.17) is 4.74 Å². The molecule has 2 heterocycles. The van der Waals surface area contributed by atoms with Gasteiger partial charge in [0.25, 0.3) is 0 Å². The van der Waals surface area contributed by atoms with Gasteiger partial charge in [-0.2, -0.15) is 16.9 Å². The lowest BCUT2D eigenvalue weighted by Gasteiger charge is -2.21. The average Bonchev–Trinajstić information content (AvgIpc) is 2.85. The number of carbonyl (C=O) groups excluding carboxylic acids is 1. The molecule has 1 amide bonds. The van der Waals surface area contributed by atoms with Crippen molar-refractivity contribution in [2.45, 2.75) is 12.6 Å². The topological polar surface area (TPSA) is 68.2 Å². The Labute approximate surface area is 110 Å². The Hall–Kier alpha value is -1.05. The van der Waals surface area contributed by atoms with Gasteiger partial charge < -0.3 is 15.4 Å². The number of methoxy groups -OCH3 is 1. The third-order valence-electron chi connectivity index (χ3n) is 2.66. The summed E-state index contributed by atoms with van der Waals surface area (Å²) >= 11 is 1.80. The number of hydrogen-bond donors (Lipinski definition) is 2. The monoisotopic (exact) mass is 270 g/mol. The molecule has 0 spiro atoms. The summed E-state index contributed by atoms with van der Waals surface area (Å²) in [6, 6.07) is -0.105. The molecule has 100 valence electrons. The molecule has 1 aromatic rings. The summed E-state index contributed by atoms with van der Waals surface area (Å²) in [6.45, 7) is 2.18. The van der Waals surface area contributed by atoms with Gasteiger partial charge in [-0.1, -0.05) is 0 Å². The maximum absolute atomic E-state index is 11.9. The van der Waals surface area contributed by atoms with E-state index in [2.05, 4.69) is 15.7 Å². The number of carbonyl (C=O) groups is 1. The van der Waals surface area contributed by atoms with E-state index in [9.17, 15) is 4.79 Å². The van der Waals surface area contributed by atoms with Gasteiger partial charge in [0, 0.05) is 31.4 Å². The van der Waals surface area contributed by atoms with E-state index in [-0.39, 0.29) is 11.9 Å². The second-order valence-corrected chi connectivity index (χ2v) is 5.21. The highest BCUT2D eigenvalue weighted by Crippen LogP contribution is 2.11. The fourth-order valence-electron chi connectivity index (χ4n) is 1.70. The van der Waals surface area contributed by atoms with Crippen molar-refractivity contribution in [1.82, 2.24) is 15.1 Å². The lowest BCUT2D eigenvalue weighted by molar-refractivity contribution is -0.117. The molecule has 0 bridgehead atoms. The number of aromatic nitrogens is 2. The van der Waals surface area contributed by atoms with E-state index in [1.54, 1.807) is 29.8 Å². The van der Waals surface area contributed by atoms with Gasteiger partial charge in [0.2, 0.25) is 5.91 Å². The standard InChI is InChI=1S/C11H18N4O2S/c1-17-4-3-15-7-9(6-13-15)14-11(16)10-8-18-5-2-12-10/h6-7,10,12H,2-5,8H2,1H3,(H,14,16). The Morgan fingerprint density at radius 3 is 3.39 bits per heavy atom. The van der Waals surface area contributed by atoms with Crippen LogP contribution in [0.5, 0.6) is 0 Å². The first-order valence-electron chi connectivity index (χ1n) is 5.93. The number of thioether (sulfide) groups is 1. The fourth-order valence-corrected chi connectivity index (χ4v) is 2.63. The largest absolute Gasteiger partial charge is 0.383 e. The van der Waals surface area contributed by atoms with Gasteiger partial charge in [-0.05, 0) is 0 Å². The van der Waals surface area contributed by atoms with Gasteiger partial charge in [-0.15, -0.1) is 0 Å². The van der Waals surface area contributed by atoms with Gasteiger partial charge >= 0.3 is 0 Å². The van der Waals surface area contributed by atoms with Gasteiger partial charge in [-0.25, -0.2) is 0 Å². The molecule has 1 unspecified atom stereocenters. The van der Waals surface area contributed by atoms with Crippen molar-refractivity contribution in [2.75, 3.05) is 37.1 Å². The summed E-state index contributed by atoms with van der Waals surface area (Å²) in [5, 5.41) is 10.2. The third-order valence-corrected chi connectivity index (χ3v) is 3.73. The molecule has 2 rings (SSSR count). The van der Waals surface area contributed by atoms with Crippen molar-refractivity contribution in [2.24, 2.45) is 0 Å². The van der Waals surface area contributed by atoms with Crippen LogP contribution in [-0.2, 0) is 16.1 Å². The Kier molecular flexibility index (Phi) is 5.03. The van der Waals surface area contributed by atoms with E-state index in [1.807, 2.05) is 6.20 Å². The molecule has 0 radical (unpaired) electrons. The predicted molar refractivity (Wildman–Crippen MR) is 71.8 cm³/mol. The molecule has 0 saturated carbocycles. The molecule has 1 aliphatic heterocycles. The summed E-state index contributed by atoms with van der Waals surface area (Å²) in [7, 11) is 1.65. The first-order chi connectivity index (χ1) is 8.79. The zero-order valence-corrected chi connectivity index (χ0v) is 11.2. The highest BCUT2D eigenvalue weighted by Gasteiger charge is 2.21. The number of hydrogen-bond acceptors (Lipinski definition) is 5. The minimum Gasteiger partial charge on any atom is -0.383 e. The van der Waals surface area contributed by atoms with Crippen LogP contribution in [-0.4, -0.2) is 53.5 Å². The van der Waals surface area contributed by atoms with E-state index in [0.29, 0.717) is 13.2 Å². The van der Waals surface area contributed by atoms with Crippen LogP contribution in [0.15, 0.2) is 12.4 Å². The van der Waals surface area contributed by atoms with Crippen LogP contribution < -0.4 is 10.6 Å². The number of rotatable bonds is 5. The quantitative estimate of drug-likeness (QED) is 0.798. The average molecular weight is 270 g/mol. The number of amides is 1. The normalized spacial score (nSPS) is 19.7. The maximum atomic E-state index is 11.9. The van der Waals surface area contributed by atoms with Crippen molar-refractivity contribution in [3.8, 4) is 0 Å². The summed E-state index contributed by atoms with van der Waals surface area (Å²) in [5.41, 5.74) is 0.730. The lowest BCUT2D eigenvalue weighted by atomic mass is 10.3. The van der Waals surface area contributed by atoms with E-state index in [1.165, 1.54) is 0 Å². The van der Waals surface area contributed by atoms with Crippen LogP contribution >= 0.6 is 11.8 Å². The molecule has 0 aliphatic carbocycles. The van der Waals surface area contributed by atoms with Crippen LogP contribution in [0.25, 0.3) is 0 Å². The SMILES string of the molecule is COCCn1cc(NC(=O)C2CSCCN2)cn1. The Morgan fingerprint density at radius 2 is 2.67 bits per heavy atom. The van der Waals surface area contributed by atoms with Crippen molar-refractivity contribution in [3.63, 3.8) is 0 Å². The zero-order chi connectivity index (χ0) is 12.8. The lowest BCUT2D eigenvalue weighted by Crippen LogP contribution is -2.46. The van der Waals surface area contributed by atoms with Crippen molar-refractivity contribution >= 4 is 23.4 Å². The molecule has 0 aromatic carbocycles. The van der Waals surface area contributed by atoms with Gasteiger partial charge in [0.1, 0.15) is 0 Å². The number of nitrogens with zero attached hydrogens (tertiary/aromatic N) is 2. The Balaban J connectivity index is 1.84. The highest BCUT2D eigenvalue weighted by molar-refractivity contribution is 7.99. The second-order valence-electron chi connectivity index (χ2n) is 4.06. The first kappa shape index (κ1) is 13.4. The number of nitrogens with one attached hydrogen (secondary N) is 2. The zero-order valence-electron chi connectivity index (χ0n) is 10.4. The van der Waals surface area contributed by atoms with Crippen LogP contribution in [0.4, 0.5) is 5.69 Å². The van der Waals surface area contributed by atoms with E-state index >= 15 is 0 Å². The minimum atomic E-state index is -0.105. The van der Waals surface area contributed by atoms with Crippen molar-refractivity contribution in [1.29, 1.82) is 0 Å². The van der Waals surface area contributed by atoms with Crippen LogP contribution in [0, 0.1) is 0 Å². The summed E-state index contributed by atoms with van der Waals surface area (Å²) in [4.78, 5) is 11.9. The Morgan fingerprint density at radius 1 is 1.78 bits per heavy atom. The summed E-state index contributed by atoms with van der Waals surface area (Å²) < 4.78 is 6.72. The van der Waals surface area contributed by atoms with Gasteiger partial charge in [0.05, 0.1) is 31.1 Å². The molecular weight excluding hydrogens is 252 g/mol. The summed E-state index contributed by atoms with van der Waals surface area (Å²) in [5.74, 6) is 1.90. The summed E-state index contributed by atoms with van der Waals surface area (Å²) in [6.07, 6.45) is 3.47. The van der Waals surface area contributed by atoms with Crippen LogP contribution in [0.2, 0.25) is 0 Å².